The topological polar surface area (TPSA) is 50.7 Å². The lowest BCUT2D eigenvalue weighted by molar-refractivity contribution is -0.0996. The molecule has 0 radical (unpaired) electrons. The van der Waals surface area contributed by atoms with E-state index in [1.54, 1.807) is 7.11 Å². The Labute approximate surface area is 108 Å². The normalized spacial score (nSPS) is 19.1. The fourth-order valence-electron chi connectivity index (χ4n) is 2.03. The van der Waals surface area contributed by atoms with Gasteiger partial charge >= 0.3 is 0 Å². The summed E-state index contributed by atoms with van der Waals surface area (Å²) >= 11 is 0. The number of aliphatic hydroxyl groups excluding tert-OH is 1. The molecule has 1 aromatic carbocycles. The van der Waals surface area contributed by atoms with Crippen molar-refractivity contribution >= 4 is 0 Å². The van der Waals surface area contributed by atoms with Crippen LogP contribution in [0.15, 0.2) is 24.3 Å². The molecule has 1 aliphatic heterocycles. The third kappa shape index (κ3) is 3.22. The highest BCUT2D eigenvalue weighted by molar-refractivity contribution is 5.29. The summed E-state index contributed by atoms with van der Waals surface area (Å²) in [6, 6.07) is 7.53. The van der Waals surface area contributed by atoms with Crippen LogP contribution < -0.4 is 10.1 Å². The van der Waals surface area contributed by atoms with E-state index in [4.69, 9.17) is 9.47 Å². The minimum absolute atomic E-state index is 0.230. The first kappa shape index (κ1) is 13.3. The predicted molar refractivity (Wildman–Crippen MR) is 69.7 cm³/mol. The molecule has 0 amide bonds. The van der Waals surface area contributed by atoms with Crippen LogP contribution in [-0.4, -0.2) is 38.5 Å². The van der Waals surface area contributed by atoms with Crippen molar-refractivity contribution in [2.24, 2.45) is 5.41 Å². The van der Waals surface area contributed by atoms with Gasteiger partial charge in [-0.3, -0.25) is 0 Å². The van der Waals surface area contributed by atoms with Gasteiger partial charge in [0.2, 0.25) is 0 Å². The second-order valence-corrected chi connectivity index (χ2v) is 5.23. The van der Waals surface area contributed by atoms with Crippen molar-refractivity contribution in [2.45, 2.75) is 13.0 Å². The SMILES string of the molecule is COc1cccc(C(O)CNCC2(C)COC2)c1. The summed E-state index contributed by atoms with van der Waals surface area (Å²) in [5.74, 6) is 0.769. The lowest BCUT2D eigenvalue weighted by Gasteiger charge is -2.38. The van der Waals surface area contributed by atoms with Crippen LogP contribution in [0.3, 0.4) is 0 Å². The molecule has 2 rings (SSSR count). The Morgan fingerprint density at radius 1 is 1.50 bits per heavy atom. The molecule has 1 fully saturated rings. The van der Waals surface area contributed by atoms with E-state index in [0.29, 0.717) is 6.54 Å². The number of rotatable bonds is 6. The maximum absolute atomic E-state index is 10.1. The molecule has 4 nitrogen and oxygen atoms in total. The summed E-state index contributed by atoms with van der Waals surface area (Å²) in [6.45, 7) is 5.20. The zero-order valence-corrected chi connectivity index (χ0v) is 11.0. The van der Waals surface area contributed by atoms with Gasteiger partial charge in [-0.1, -0.05) is 19.1 Å². The molecular weight excluding hydrogens is 230 g/mol. The number of nitrogens with one attached hydrogen (secondary N) is 1. The average Bonchev–Trinajstić information content (AvgIpc) is 2.36. The van der Waals surface area contributed by atoms with Gasteiger partial charge in [-0.05, 0) is 17.7 Å². The Morgan fingerprint density at radius 3 is 2.89 bits per heavy atom. The van der Waals surface area contributed by atoms with Crippen LogP contribution in [0.1, 0.15) is 18.6 Å². The summed E-state index contributed by atoms with van der Waals surface area (Å²) in [4.78, 5) is 0. The number of methoxy groups -OCH3 is 1. The fourth-order valence-corrected chi connectivity index (χ4v) is 2.03. The maximum Gasteiger partial charge on any atom is 0.119 e. The molecule has 1 atom stereocenters. The van der Waals surface area contributed by atoms with E-state index in [1.165, 1.54) is 0 Å². The van der Waals surface area contributed by atoms with Crippen molar-refractivity contribution in [2.75, 3.05) is 33.4 Å². The van der Waals surface area contributed by atoms with Crippen molar-refractivity contribution < 1.29 is 14.6 Å². The largest absolute Gasteiger partial charge is 0.497 e. The third-order valence-corrected chi connectivity index (χ3v) is 3.27. The monoisotopic (exact) mass is 251 g/mol. The molecule has 100 valence electrons. The molecular formula is C14H21NO3. The Balaban J connectivity index is 1.81. The number of hydrogen-bond acceptors (Lipinski definition) is 4. The van der Waals surface area contributed by atoms with Gasteiger partial charge in [-0.25, -0.2) is 0 Å². The van der Waals surface area contributed by atoms with Crippen LogP contribution in [0.2, 0.25) is 0 Å². The number of ether oxygens (including phenoxy) is 2. The van der Waals surface area contributed by atoms with Crippen LogP contribution >= 0.6 is 0 Å². The van der Waals surface area contributed by atoms with E-state index in [-0.39, 0.29) is 5.41 Å². The zero-order valence-electron chi connectivity index (χ0n) is 11.0. The molecule has 1 unspecified atom stereocenters. The quantitative estimate of drug-likeness (QED) is 0.801. The van der Waals surface area contributed by atoms with Crippen molar-refractivity contribution in [3.05, 3.63) is 29.8 Å². The molecule has 0 saturated carbocycles. The van der Waals surface area contributed by atoms with E-state index in [9.17, 15) is 5.11 Å². The van der Waals surface area contributed by atoms with Gasteiger partial charge in [-0.2, -0.15) is 0 Å². The number of hydrogen-bond donors (Lipinski definition) is 2. The summed E-state index contributed by atoms with van der Waals surface area (Å²) in [7, 11) is 1.63. The minimum atomic E-state index is -0.510. The number of aliphatic hydroxyl groups is 1. The van der Waals surface area contributed by atoms with Gasteiger partial charge in [-0.15, -0.1) is 0 Å². The molecule has 0 aromatic heterocycles. The molecule has 0 spiro atoms. The number of benzene rings is 1. The molecule has 0 bridgehead atoms. The van der Waals surface area contributed by atoms with E-state index in [0.717, 1.165) is 31.1 Å². The highest BCUT2D eigenvalue weighted by atomic mass is 16.5. The average molecular weight is 251 g/mol. The van der Waals surface area contributed by atoms with Gasteiger partial charge in [0.15, 0.2) is 0 Å². The van der Waals surface area contributed by atoms with Gasteiger partial charge in [0.25, 0.3) is 0 Å². The van der Waals surface area contributed by atoms with E-state index < -0.39 is 6.10 Å². The second-order valence-electron chi connectivity index (χ2n) is 5.23. The molecule has 4 heteroatoms. The van der Waals surface area contributed by atoms with Crippen LogP contribution in [-0.2, 0) is 4.74 Å². The molecule has 1 saturated heterocycles. The lowest BCUT2D eigenvalue weighted by atomic mass is 9.89. The molecule has 1 aromatic rings. The van der Waals surface area contributed by atoms with Crippen LogP contribution in [0.5, 0.6) is 5.75 Å². The van der Waals surface area contributed by atoms with Crippen molar-refractivity contribution in [1.29, 1.82) is 0 Å². The zero-order chi connectivity index (χ0) is 13.0. The smallest absolute Gasteiger partial charge is 0.119 e. The highest BCUT2D eigenvalue weighted by Gasteiger charge is 2.32. The van der Waals surface area contributed by atoms with Crippen LogP contribution in [0.25, 0.3) is 0 Å². The van der Waals surface area contributed by atoms with Crippen molar-refractivity contribution in [3.8, 4) is 5.75 Å². The standard InChI is InChI=1S/C14H21NO3/c1-14(9-18-10-14)8-15-7-13(16)11-4-3-5-12(6-11)17-2/h3-6,13,15-16H,7-10H2,1-2H3. The van der Waals surface area contributed by atoms with Crippen molar-refractivity contribution in [1.82, 2.24) is 5.32 Å². The Morgan fingerprint density at radius 2 is 2.28 bits per heavy atom. The van der Waals surface area contributed by atoms with E-state index >= 15 is 0 Å². The summed E-state index contributed by atoms with van der Waals surface area (Å²) in [6.07, 6.45) is -0.510. The van der Waals surface area contributed by atoms with Crippen LogP contribution in [0, 0.1) is 5.41 Å². The molecule has 1 aliphatic rings. The molecule has 0 aliphatic carbocycles. The Kier molecular flexibility index (Phi) is 4.22. The first-order valence-electron chi connectivity index (χ1n) is 6.23. The minimum Gasteiger partial charge on any atom is -0.497 e. The summed E-state index contributed by atoms with van der Waals surface area (Å²) in [5, 5.41) is 13.4. The van der Waals surface area contributed by atoms with Gasteiger partial charge in [0, 0.05) is 18.5 Å². The van der Waals surface area contributed by atoms with Gasteiger partial charge < -0.3 is 19.9 Å². The first-order valence-corrected chi connectivity index (χ1v) is 6.23. The van der Waals surface area contributed by atoms with Gasteiger partial charge in [0.1, 0.15) is 5.75 Å². The van der Waals surface area contributed by atoms with E-state index in [2.05, 4.69) is 12.2 Å². The third-order valence-electron chi connectivity index (χ3n) is 3.27. The summed E-state index contributed by atoms with van der Waals surface area (Å²) in [5.41, 5.74) is 1.10. The Hall–Kier alpha value is -1.10. The summed E-state index contributed by atoms with van der Waals surface area (Å²) < 4.78 is 10.3. The first-order chi connectivity index (χ1) is 8.63. The molecule has 18 heavy (non-hydrogen) atoms. The lowest BCUT2D eigenvalue weighted by Crippen LogP contribution is -2.47. The molecule has 2 N–H and O–H groups in total. The fraction of sp³-hybridized carbons (Fsp3) is 0.571. The van der Waals surface area contributed by atoms with Crippen LogP contribution in [0.4, 0.5) is 0 Å². The Bertz CT molecular complexity index is 390. The molecule has 1 heterocycles. The maximum atomic E-state index is 10.1. The van der Waals surface area contributed by atoms with Gasteiger partial charge in [0.05, 0.1) is 26.4 Å². The second kappa shape index (κ2) is 5.69. The highest BCUT2D eigenvalue weighted by Crippen LogP contribution is 2.25. The predicted octanol–water partition coefficient (Wildman–Crippen LogP) is 1.35. The van der Waals surface area contributed by atoms with Crippen molar-refractivity contribution in [3.63, 3.8) is 0 Å². The van der Waals surface area contributed by atoms with E-state index in [1.807, 2.05) is 24.3 Å².